The lowest BCUT2D eigenvalue weighted by atomic mass is 9.77. The number of carbonyl (C=O) groups is 1. The van der Waals surface area contributed by atoms with Gasteiger partial charge < -0.3 is 14.9 Å². The summed E-state index contributed by atoms with van der Waals surface area (Å²) in [5.74, 6) is 0.841. The van der Waals surface area contributed by atoms with E-state index in [1.54, 1.807) is 0 Å². The van der Waals surface area contributed by atoms with Gasteiger partial charge in [-0.1, -0.05) is 12.1 Å². The second kappa shape index (κ2) is 8.23. The van der Waals surface area contributed by atoms with Gasteiger partial charge in [-0.2, -0.15) is 0 Å². The number of hydrogen-bond acceptors (Lipinski definition) is 5. The minimum Gasteiger partial charge on any atom is -0.390 e. The fraction of sp³-hybridized carbons (Fsp3) is 0.560. The molecule has 2 aliphatic rings. The number of carbonyl (C=O) groups excluding carboxylic acids is 1. The number of hydrogen-bond donors (Lipinski definition) is 1. The van der Waals surface area contributed by atoms with E-state index in [1.165, 1.54) is 5.56 Å². The Labute approximate surface area is 185 Å². The van der Waals surface area contributed by atoms with E-state index in [1.807, 2.05) is 68.2 Å². The van der Waals surface area contributed by atoms with E-state index in [2.05, 4.69) is 4.98 Å². The van der Waals surface area contributed by atoms with Gasteiger partial charge >= 0.3 is 0 Å². The van der Waals surface area contributed by atoms with Crippen LogP contribution in [0.3, 0.4) is 0 Å². The van der Waals surface area contributed by atoms with Crippen molar-refractivity contribution < 1.29 is 9.90 Å². The van der Waals surface area contributed by atoms with Crippen molar-refractivity contribution >= 4 is 11.9 Å². The molecule has 1 aliphatic heterocycles. The molecule has 1 aliphatic carbocycles. The van der Waals surface area contributed by atoms with Crippen molar-refractivity contribution in [1.82, 2.24) is 14.9 Å². The Morgan fingerprint density at radius 2 is 1.97 bits per heavy atom. The van der Waals surface area contributed by atoms with Crippen LogP contribution in [0.15, 0.2) is 30.5 Å². The number of likely N-dealkylation sites (tertiary alicyclic amines) is 1. The van der Waals surface area contributed by atoms with E-state index in [9.17, 15) is 9.90 Å². The molecule has 0 saturated carbocycles. The summed E-state index contributed by atoms with van der Waals surface area (Å²) < 4.78 is 0. The number of aliphatic hydroxyl groups is 1. The molecule has 1 spiro atoms. The van der Waals surface area contributed by atoms with Crippen LogP contribution in [0.25, 0.3) is 0 Å². The standard InChI is InChI=1S/C25H34N4O2/c1-24(2,31)13-10-18-6-8-19(9-7-18)22(30)29-15-5-12-25(17-29)14-11-20-16-26-23(28(3)4)27-21(20)25/h6-9,16,31H,5,10-15,17H2,1-4H3. The molecule has 1 amide bonds. The molecule has 4 rings (SSSR count). The molecular weight excluding hydrogens is 388 g/mol. The average molecular weight is 423 g/mol. The van der Waals surface area contributed by atoms with Crippen molar-refractivity contribution in [3.63, 3.8) is 0 Å². The lowest BCUT2D eigenvalue weighted by molar-refractivity contribution is 0.0632. The Balaban J connectivity index is 1.50. The van der Waals surface area contributed by atoms with Crippen LogP contribution in [0.4, 0.5) is 5.95 Å². The summed E-state index contributed by atoms with van der Waals surface area (Å²) in [6.07, 6.45) is 7.56. The summed E-state index contributed by atoms with van der Waals surface area (Å²) in [5.41, 5.74) is 3.53. The van der Waals surface area contributed by atoms with Crippen molar-refractivity contribution in [2.75, 3.05) is 32.1 Å². The minimum atomic E-state index is -0.676. The van der Waals surface area contributed by atoms with E-state index in [0.29, 0.717) is 6.42 Å². The normalized spacial score (nSPS) is 20.7. The van der Waals surface area contributed by atoms with Gasteiger partial charge in [0.25, 0.3) is 5.91 Å². The Hall–Kier alpha value is -2.47. The number of piperidine rings is 1. The van der Waals surface area contributed by atoms with Gasteiger partial charge in [0.05, 0.1) is 11.3 Å². The molecule has 1 aromatic carbocycles. The van der Waals surface area contributed by atoms with Crippen LogP contribution in [0.1, 0.15) is 66.7 Å². The van der Waals surface area contributed by atoms with E-state index >= 15 is 0 Å². The van der Waals surface area contributed by atoms with Crippen LogP contribution in [0.5, 0.6) is 0 Å². The first-order valence-corrected chi connectivity index (χ1v) is 11.3. The molecule has 6 heteroatoms. The average Bonchev–Trinajstić information content (AvgIpc) is 3.08. The van der Waals surface area contributed by atoms with Crippen molar-refractivity contribution in [2.45, 2.75) is 63.4 Å². The Morgan fingerprint density at radius 3 is 2.65 bits per heavy atom. The van der Waals surface area contributed by atoms with E-state index < -0.39 is 5.60 Å². The zero-order valence-electron chi connectivity index (χ0n) is 19.2. The maximum Gasteiger partial charge on any atom is 0.253 e. The van der Waals surface area contributed by atoms with Crippen molar-refractivity contribution in [3.8, 4) is 0 Å². The summed E-state index contributed by atoms with van der Waals surface area (Å²) in [6, 6.07) is 7.89. The first-order chi connectivity index (χ1) is 14.7. The molecular formula is C25H34N4O2. The van der Waals surface area contributed by atoms with E-state index in [4.69, 9.17) is 4.98 Å². The maximum absolute atomic E-state index is 13.3. The van der Waals surface area contributed by atoms with Crippen molar-refractivity contribution in [1.29, 1.82) is 0 Å². The molecule has 1 fully saturated rings. The van der Waals surface area contributed by atoms with Crippen LogP contribution in [0.2, 0.25) is 0 Å². The topological polar surface area (TPSA) is 69.6 Å². The van der Waals surface area contributed by atoms with Crippen LogP contribution >= 0.6 is 0 Å². The number of amides is 1. The summed E-state index contributed by atoms with van der Waals surface area (Å²) in [6.45, 7) is 5.17. The fourth-order valence-electron chi connectivity index (χ4n) is 4.90. The summed E-state index contributed by atoms with van der Waals surface area (Å²) in [7, 11) is 3.93. The molecule has 166 valence electrons. The highest BCUT2D eigenvalue weighted by molar-refractivity contribution is 5.94. The predicted molar refractivity (Wildman–Crippen MR) is 123 cm³/mol. The molecule has 1 unspecified atom stereocenters. The number of aryl methyl sites for hydroxylation is 2. The monoisotopic (exact) mass is 422 g/mol. The smallest absolute Gasteiger partial charge is 0.253 e. The van der Waals surface area contributed by atoms with Gasteiger partial charge in [-0.05, 0) is 75.6 Å². The Bertz CT molecular complexity index is 945. The molecule has 1 N–H and O–H groups in total. The summed E-state index contributed by atoms with van der Waals surface area (Å²) in [4.78, 5) is 26.6. The van der Waals surface area contributed by atoms with Gasteiger partial charge in [0.1, 0.15) is 0 Å². The third-order valence-electron chi connectivity index (χ3n) is 6.72. The summed E-state index contributed by atoms with van der Waals surface area (Å²) >= 11 is 0. The first-order valence-electron chi connectivity index (χ1n) is 11.3. The Morgan fingerprint density at radius 1 is 1.23 bits per heavy atom. The van der Waals surface area contributed by atoms with Crippen LogP contribution in [-0.2, 0) is 18.3 Å². The van der Waals surface area contributed by atoms with Gasteiger partial charge in [-0.25, -0.2) is 9.97 Å². The number of fused-ring (bicyclic) bond motifs is 2. The highest BCUT2D eigenvalue weighted by Crippen LogP contribution is 2.44. The zero-order valence-corrected chi connectivity index (χ0v) is 19.2. The SMILES string of the molecule is CN(C)c1ncc2c(n1)C1(CCCN(C(=O)c3ccc(CCC(C)(C)O)cc3)C1)CC2. The van der Waals surface area contributed by atoms with Gasteiger partial charge in [0.15, 0.2) is 0 Å². The second-order valence-corrected chi connectivity index (χ2v) is 10.1. The number of aromatic nitrogens is 2. The predicted octanol–water partition coefficient (Wildman–Crippen LogP) is 3.37. The highest BCUT2D eigenvalue weighted by atomic mass is 16.3. The molecule has 6 nitrogen and oxygen atoms in total. The third kappa shape index (κ3) is 4.59. The molecule has 2 heterocycles. The third-order valence-corrected chi connectivity index (χ3v) is 6.72. The molecule has 1 aromatic heterocycles. The van der Waals surface area contributed by atoms with Crippen molar-refractivity contribution in [2.24, 2.45) is 0 Å². The molecule has 1 atom stereocenters. The minimum absolute atomic E-state index is 0.0520. The van der Waals surface area contributed by atoms with Gasteiger partial charge in [0, 0.05) is 44.4 Å². The maximum atomic E-state index is 13.3. The highest BCUT2D eigenvalue weighted by Gasteiger charge is 2.45. The zero-order chi connectivity index (χ0) is 22.2. The fourth-order valence-corrected chi connectivity index (χ4v) is 4.90. The molecule has 0 bridgehead atoms. The van der Waals surface area contributed by atoms with Gasteiger partial charge in [-0.15, -0.1) is 0 Å². The Kier molecular flexibility index (Phi) is 5.77. The van der Waals surface area contributed by atoms with Crippen molar-refractivity contribution in [3.05, 3.63) is 52.8 Å². The van der Waals surface area contributed by atoms with Crippen LogP contribution in [0, 0.1) is 0 Å². The largest absolute Gasteiger partial charge is 0.390 e. The summed E-state index contributed by atoms with van der Waals surface area (Å²) in [5, 5.41) is 9.94. The molecule has 2 aromatic rings. The second-order valence-electron chi connectivity index (χ2n) is 10.1. The number of nitrogens with zero attached hydrogens (tertiary/aromatic N) is 4. The van der Waals surface area contributed by atoms with E-state index in [-0.39, 0.29) is 11.3 Å². The van der Waals surface area contributed by atoms with Gasteiger partial charge in [-0.3, -0.25) is 4.79 Å². The van der Waals surface area contributed by atoms with Gasteiger partial charge in [0.2, 0.25) is 5.95 Å². The first kappa shape index (κ1) is 21.8. The quantitative estimate of drug-likeness (QED) is 0.800. The van der Waals surface area contributed by atoms with Crippen LogP contribution in [-0.4, -0.2) is 58.7 Å². The molecule has 31 heavy (non-hydrogen) atoms. The molecule has 1 saturated heterocycles. The molecule has 0 radical (unpaired) electrons. The number of benzene rings is 1. The lowest BCUT2D eigenvalue weighted by Gasteiger charge is -2.40. The number of anilines is 1. The lowest BCUT2D eigenvalue weighted by Crippen LogP contribution is -2.48. The van der Waals surface area contributed by atoms with Crippen LogP contribution < -0.4 is 4.90 Å². The number of rotatable bonds is 5. The van der Waals surface area contributed by atoms with E-state index in [0.717, 1.165) is 68.0 Å².